The molecule has 0 atom stereocenters. The number of nitrogens with one attached hydrogen (secondary N) is 1. The Kier molecular flexibility index (Phi) is 8.96. The van der Waals surface area contributed by atoms with Gasteiger partial charge in [0, 0.05) is 34.3 Å². The quantitative estimate of drug-likeness (QED) is 0.0860. The van der Waals surface area contributed by atoms with E-state index in [-0.39, 0.29) is 40.0 Å². The van der Waals surface area contributed by atoms with E-state index in [1.807, 2.05) is 57.2 Å². The summed E-state index contributed by atoms with van der Waals surface area (Å²) >= 11 is 0. The molecule has 3 N–H and O–H groups in total. The molecule has 0 unspecified atom stereocenters. The van der Waals surface area contributed by atoms with Gasteiger partial charge in [-0.15, -0.1) is 0 Å². The van der Waals surface area contributed by atoms with Gasteiger partial charge in [0.25, 0.3) is 29.5 Å². The third-order valence-electron chi connectivity index (χ3n) is 10.7. The first-order chi connectivity index (χ1) is 27.3. The van der Waals surface area contributed by atoms with E-state index in [4.69, 9.17) is 5.73 Å². The molecular weight excluding hydrogens is 717 g/mol. The largest absolute Gasteiger partial charge is 0.399 e. The molecule has 280 valence electrons. The Morgan fingerprint density at radius 2 is 1.02 bits per heavy atom. The first-order valence-electron chi connectivity index (χ1n) is 18.3. The number of anilines is 4. The monoisotopic (exact) mass is 752 g/mol. The van der Waals surface area contributed by atoms with Crippen molar-refractivity contribution >= 4 is 58.1 Å². The van der Waals surface area contributed by atoms with Crippen LogP contribution in [0.4, 0.5) is 22.7 Å². The van der Waals surface area contributed by atoms with Crippen LogP contribution in [0.25, 0.3) is 0 Å². The van der Waals surface area contributed by atoms with Crippen molar-refractivity contribution in [3.05, 3.63) is 189 Å². The van der Waals surface area contributed by atoms with Crippen LogP contribution < -0.4 is 20.9 Å². The Balaban J connectivity index is 0.958. The summed E-state index contributed by atoms with van der Waals surface area (Å²) in [6, 6.07) is 37.7. The number of fused-ring (bicyclic) bond motifs is 2. The number of nitrogens with two attached hydrogens (primary N) is 1. The predicted octanol–water partition coefficient (Wildman–Crippen LogP) is 8.18. The van der Waals surface area contributed by atoms with E-state index >= 15 is 0 Å². The summed E-state index contributed by atoms with van der Waals surface area (Å²) in [4.78, 5) is 82.3. The Labute approximate surface area is 328 Å². The zero-order chi connectivity index (χ0) is 40.2. The highest BCUT2D eigenvalue weighted by Gasteiger charge is 2.39. The summed E-state index contributed by atoms with van der Waals surface area (Å²) in [6.45, 7) is 5.99. The van der Waals surface area contributed by atoms with Crippen LogP contribution in [0.2, 0.25) is 0 Å². The van der Waals surface area contributed by atoms with Crippen molar-refractivity contribution in [2.45, 2.75) is 32.6 Å². The highest BCUT2D eigenvalue weighted by Crippen LogP contribution is 2.37. The molecule has 2 aliphatic heterocycles. The van der Waals surface area contributed by atoms with Crippen molar-refractivity contribution in [1.29, 1.82) is 0 Å². The van der Waals surface area contributed by atoms with E-state index in [0.717, 1.165) is 32.1 Å². The summed E-state index contributed by atoms with van der Waals surface area (Å²) in [5.74, 6) is -2.54. The molecule has 8 rings (SSSR count). The lowest BCUT2D eigenvalue weighted by Crippen LogP contribution is -2.30. The summed E-state index contributed by atoms with van der Waals surface area (Å²) in [5, 5.41) is 2.82. The minimum atomic E-state index is -0.555. The topological polar surface area (TPSA) is 147 Å². The Hall–Kier alpha value is -7.46. The summed E-state index contributed by atoms with van der Waals surface area (Å²) in [5.41, 5.74) is 12.2. The molecule has 0 fully saturated rings. The van der Waals surface area contributed by atoms with Crippen LogP contribution in [0, 0.1) is 6.92 Å². The molecule has 0 aliphatic carbocycles. The van der Waals surface area contributed by atoms with Crippen LogP contribution >= 0.6 is 0 Å². The van der Waals surface area contributed by atoms with E-state index in [0.29, 0.717) is 28.3 Å². The fourth-order valence-electron chi connectivity index (χ4n) is 7.25. The number of nitrogens with zero attached hydrogens (tertiary/aromatic N) is 2. The first kappa shape index (κ1) is 36.5. The van der Waals surface area contributed by atoms with Crippen molar-refractivity contribution in [2.75, 3.05) is 20.9 Å². The van der Waals surface area contributed by atoms with Crippen molar-refractivity contribution < 1.29 is 28.8 Å². The zero-order valence-electron chi connectivity index (χ0n) is 31.3. The van der Waals surface area contributed by atoms with Crippen LogP contribution in [-0.2, 0) is 11.8 Å². The molecule has 0 bridgehead atoms. The molecule has 0 saturated carbocycles. The second-order valence-electron chi connectivity index (χ2n) is 14.8. The number of hydrogen-bond donors (Lipinski definition) is 2. The number of ketones is 1. The number of imide groups is 2. The van der Waals surface area contributed by atoms with Crippen molar-refractivity contribution in [3.63, 3.8) is 0 Å². The van der Waals surface area contributed by atoms with Gasteiger partial charge in [-0.25, -0.2) is 9.80 Å². The second kappa shape index (κ2) is 14.0. The van der Waals surface area contributed by atoms with Crippen LogP contribution in [-0.4, -0.2) is 35.3 Å². The second-order valence-corrected chi connectivity index (χ2v) is 14.8. The van der Waals surface area contributed by atoms with Gasteiger partial charge < -0.3 is 11.1 Å². The lowest BCUT2D eigenvalue weighted by atomic mass is 9.78. The van der Waals surface area contributed by atoms with Crippen LogP contribution in [0.15, 0.2) is 133 Å². The van der Waals surface area contributed by atoms with Crippen molar-refractivity contribution in [1.82, 2.24) is 0 Å². The molecule has 6 aromatic rings. The number of rotatable bonds is 9. The molecule has 57 heavy (non-hydrogen) atoms. The Bertz CT molecular complexity index is 2480. The van der Waals surface area contributed by atoms with E-state index in [1.165, 1.54) is 30.3 Å². The lowest BCUT2D eigenvalue weighted by Gasteiger charge is -2.27. The molecular formula is C47H36N4O6. The predicted molar refractivity (Wildman–Crippen MR) is 218 cm³/mol. The van der Waals surface area contributed by atoms with Crippen LogP contribution in [0.1, 0.15) is 98.2 Å². The van der Waals surface area contributed by atoms with Gasteiger partial charge in [0.15, 0.2) is 5.78 Å². The summed E-state index contributed by atoms with van der Waals surface area (Å²) < 4.78 is 0. The van der Waals surface area contributed by atoms with Gasteiger partial charge >= 0.3 is 0 Å². The number of carbonyl (C=O) groups is 6. The molecule has 0 saturated heterocycles. The number of aryl methyl sites for hydroxylation is 1. The number of carbonyl (C=O) groups excluding carboxylic acids is 6. The fourth-order valence-corrected chi connectivity index (χ4v) is 7.25. The van der Waals surface area contributed by atoms with Gasteiger partial charge in [-0.3, -0.25) is 28.8 Å². The van der Waals surface area contributed by atoms with Gasteiger partial charge in [-0.05, 0) is 102 Å². The minimum absolute atomic E-state index is 0.130. The zero-order valence-corrected chi connectivity index (χ0v) is 31.3. The van der Waals surface area contributed by atoms with E-state index < -0.39 is 35.0 Å². The Morgan fingerprint density at radius 3 is 1.53 bits per heavy atom. The molecule has 5 amide bonds. The average molecular weight is 753 g/mol. The average Bonchev–Trinajstić information content (AvgIpc) is 3.62. The molecule has 10 nitrogen and oxygen atoms in total. The SMILES string of the molecule is Cc1ccc(NC(=O)c2ccc3c(c2)C(=O)N(c2ccc(C(C)(C)c4ccc(N5C(=O)c6ccc(C(=O)Cc7ccc(N)cc7)cc6C5=O)cc4)cc2)C3=O)cc1. The van der Waals surface area contributed by atoms with E-state index in [2.05, 4.69) is 5.32 Å². The number of benzene rings is 6. The number of Topliss-reactive ketones (excluding diaryl/α,β-unsaturated/α-hetero) is 1. The molecule has 6 aromatic carbocycles. The van der Waals surface area contributed by atoms with Crippen LogP contribution in [0.3, 0.4) is 0 Å². The van der Waals surface area contributed by atoms with Gasteiger partial charge in [0.2, 0.25) is 0 Å². The maximum Gasteiger partial charge on any atom is 0.266 e. The molecule has 0 aromatic heterocycles. The van der Waals surface area contributed by atoms with Gasteiger partial charge in [-0.2, -0.15) is 0 Å². The number of nitrogen functional groups attached to an aromatic ring is 1. The summed E-state index contributed by atoms with van der Waals surface area (Å²) in [6.07, 6.45) is 0.130. The molecule has 2 heterocycles. The normalized spacial score (nSPS) is 13.5. The van der Waals surface area contributed by atoms with Crippen molar-refractivity contribution in [3.8, 4) is 0 Å². The van der Waals surface area contributed by atoms with Gasteiger partial charge in [0.05, 0.1) is 33.6 Å². The molecule has 10 heteroatoms. The molecule has 2 aliphatic rings. The number of hydrogen-bond acceptors (Lipinski definition) is 7. The maximum absolute atomic E-state index is 13.6. The van der Waals surface area contributed by atoms with E-state index in [9.17, 15) is 28.8 Å². The highest BCUT2D eigenvalue weighted by atomic mass is 16.2. The standard InChI is InChI=1S/C47H36N4O6/c1-27-4-16-34(17-5-27)49-42(53)30-9-23-38-40(26-30)46(57)51(44(38)55)36-20-12-32(13-21-36)47(2,3)31-10-18-35(19-11-31)50-43(54)37-22-8-29(25-39(37)45(50)56)41(52)24-28-6-14-33(48)15-7-28/h4-23,25-26H,24,48H2,1-3H3,(H,49,53). The van der Waals surface area contributed by atoms with Gasteiger partial charge in [-0.1, -0.05) is 74.0 Å². The third kappa shape index (κ3) is 6.57. The molecule has 0 spiro atoms. The number of amides is 5. The summed E-state index contributed by atoms with van der Waals surface area (Å²) in [7, 11) is 0. The minimum Gasteiger partial charge on any atom is -0.399 e. The third-order valence-corrected chi connectivity index (χ3v) is 10.7. The maximum atomic E-state index is 13.6. The fraction of sp³-hybridized carbons (Fsp3) is 0.106. The van der Waals surface area contributed by atoms with Gasteiger partial charge in [0.1, 0.15) is 0 Å². The van der Waals surface area contributed by atoms with Crippen molar-refractivity contribution in [2.24, 2.45) is 0 Å². The first-order valence-corrected chi connectivity index (χ1v) is 18.3. The molecule has 0 radical (unpaired) electrons. The lowest BCUT2D eigenvalue weighted by molar-refractivity contribution is 0.0910. The smallest absolute Gasteiger partial charge is 0.266 e. The Morgan fingerprint density at radius 1 is 0.561 bits per heavy atom. The van der Waals surface area contributed by atoms with E-state index in [1.54, 1.807) is 66.7 Å². The van der Waals surface area contributed by atoms with Crippen LogP contribution in [0.5, 0.6) is 0 Å². The highest BCUT2D eigenvalue weighted by molar-refractivity contribution is 6.35.